The Labute approximate surface area is 121 Å². The maximum Gasteiger partial charge on any atom is 0.0772 e. The zero-order valence-electron chi connectivity index (χ0n) is 9.88. The summed E-state index contributed by atoms with van der Waals surface area (Å²) in [6.45, 7) is 0. The molecule has 2 atom stereocenters. The number of hydrogen-bond acceptors (Lipinski definition) is 2. The van der Waals surface area contributed by atoms with E-state index in [1.165, 1.54) is 12.8 Å². The largest absolute Gasteiger partial charge is 0.379 e. The fourth-order valence-electron chi connectivity index (χ4n) is 2.35. The Morgan fingerprint density at radius 1 is 1.35 bits per heavy atom. The molecule has 94 valence electrons. The van der Waals surface area contributed by atoms with Gasteiger partial charge in [0.2, 0.25) is 0 Å². The van der Waals surface area contributed by atoms with Crippen LogP contribution in [0.25, 0.3) is 0 Å². The third-order valence-electron chi connectivity index (χ3n) is 3.28. The van der Waals surface area contributed by atoms with E-state index >= 15 is 0 Å². The maximum atomic E-state index is 6.23. The fourth-order valence-corrected chi connectivity index (χ4v) is 3.26. The molecule has 17 heavy (non-hydrogen) atoms. The average molecular weight is 366 g/mol. The standard InChI is InChI=1S/C13H17ClINO/c1-17-13-5-3-2-4-12(13)16-11-7-6-9(15)8-10(11)14/h6-8,12-13,16H,2-5H2,1H3. The number of nitrogens with one attached hydrogen (secondary N) is 1. The van der Waals surface area contributed by atoms with Gasteiger partial charge in [0, 0.05) is 10.7 Å². The second kappa shape index (κ2) is 6.25. The molecule has 2 unspecified atom stereocenters. The van der Waals surface area contributed by atoms with Crippen LogP contribution in [0.4, 0.5) is 5.69 Å². The van der Waals surface area contributed by atoms with Crippen molar-refractivity contribution in [2.24, 2.45) is 0 Å². The minimum atomic E-state index is 0.305. The summed E-state index contributed by atoms with van der Waals surface area (Å²) in [7, 11) is 1.79. The lowest BCUT2D eigenvalue weighted by Gasteiger charge is -2.32. The van der Waals surface area contributed by atoms with Gasteiger partial charge in [-0.1, -0.05) is 24.4 Å². The van der Waals surface area contributed by atoms with Gasteiger partial charge in [0.25, 0.3) is 0 Å². The van der Waals surface area contributed by atoms with E-state index in [1.807, 2.05) is 12.1 Å². The monoisotopic (exact) mass is 365 g/mol. The Balaban J connectivity index is 2.08. The van der Waals surface area contributed by atoms with Crippen LogP contribution in [0.3, 0.4) is 0 Å². The van der Waals surface area contributed by atoms with Crippen LogP contribution in [0.1, 0.15) is 25.7 Å². The van der Waals surface area contributed by atoms with Crippen molar-refractivity contribution >= 4 is 39.9 Å². The van der Waals surface area contributed by atoms with E-state index in [0.29, 0.717) is 12.1 Å². The number of halogens is 2. The Hall–Kier alpha value is -0.0000000000000000555. The molecule has 1 saturated carbocycles. The first-order valence-corrected chi connectivity index (χ1v) is 7.41. The van der Waals surface area contributed by atoms with Gasteiger partial charge in [0.05, 0.1) is 22.9 Å². The second-order valence-electron chi connectivity index (χ2n) is 4.43. The molecular formula is C13H17ClINO. The van der Waals surface area contributed by atoms with Crippen LogP contribution in [-0.2, 0) is 4.74 Å². The lowest BCUT2D eigenvalue weighted by Crippen LogP contribution is -2.37. The summed E-state index contributed by atoms with van der Waals surface area (Å²) in [4.78, 5) is 0. The third-order valence-corrected chi connectivity index (χ3v) is 4.26. The summed E-state index contributed by atoms with van der Waals surface area (Å²) in [5, 5.41) is 4.31. The smallest absolute Gasteiger partial charge is 0.0772 e. The molecule has 2 rings (SSSR count). The first kappa shape index (κ1) is 13.4. The number of methoxy groups -OCH3 is 1. The van der Waals surface area contributed by atoms with Crippen LogP contribution in [0, 0.1) is 3.57 Å². The van der Waals surface area contributed by atoms with Crippen molar-refractivity contribution in [3.05, 3.63) is 26.8 Å². The van der Waals surface area contributed by atoms with Crippen molar-refractivity contribution in [3.8, 4) is 0 Å². The molecule has 0 saturated heterocycles. The van der Waals surface area contributed by atoms with Gasteiger partial charge in [-0.2, -0.15) is 0 Å². The second-order valence-corrected chi connectivity index (χ2v) is 6.09. The van der Waals surface area contributed by atoms with E-state index in [1.54, 1.807) is 7.11 Å². The lowest BCUT2D eigenvalue weighted by molar-refractivity contribution is 0.0606. The van der Waals surface area contributed by atoms with Gasteiger partial charge in [-0.15, -0.1) is 0 Å². The van der Waals surface area contributed by atoms with E-state index < -0.39 is 0 Å². The van der Waals surface area contributed by atoms with Crippen LogP contribution in [0.15, 0.2) is 18.2 Å². The van der Waals surface area contributed by atoms with Crippen LogP contribution >= 0.6 is 34.2 Å². The first-order valence-electron chi connectivity index (χ1n) is 5.95. The number of rotatable bonds is 3. The lowest BCUT2D eigenvalue weighted by atomic mass is 9.92. The third kappa shape index (κ3) is 3.48. The van der Waals surface area contributed by atoms with Gasteiger partial charge < -0.3 is 10.1 Å². The van der Waals surface area contributed by atoms with Gasteiger partial charge in [-0.05, 0) is 53.6 Å². The van der Waals surface area contributed by atoms with Crippen molar-refractivity contribution in [1.82, 2.24) is 0 Å². The summed E-state index contributed by atoms with van der Waals surface area (Å²) < 4.78 is 6.69. The summed E-state index contributed by atoms with van der Waals surface area (Å²) >= 11 is 8.50. The van der Waals surface area contributed by atoms with Crippen molar-refractivity contribution in [2.45, 2.75) is 37.8 Å². The van der Waals surface area contributed by atoms with Gasteiger partial charge >= 0.3 is 0 Å². The zero-order chi connectivity index (χ0) is 12.3. The highest BCUT2D eigenvalue weighted by molar-refractivity contribution is 14.1. The number of anilines is 1. The van der Waals surface area contributed by atoms with Crippen LogP contribution in [-0.4, -0.2) is 19.3 Å². The summed E-state index contributed by atoms with van der Waals surface area (Å²) in [5.74, 6) is 0. The minimum Gasteiger partial charge on any atom is -0.379 e. The molecule has 0 spiro atoms. The van der Waals surface area contributed by atoms with Crippen molar-refractivity contribution in [1.29, 1.82) is 0 Å². The fraction of sp³-hybridized carbons (Fsp3) is 0.538. The Kier molecular flexibility index (Phi) is 4.94. The van der Waals surface area contributed by atoms with E-state index in [0.717, 1.165) is 27.1 Å². The molecule has 0 aromatic heterocycles. The highest BCUT2D eigenvalue weighted by Gasteiger charge is 2.25. The normalized spacial score (nSPS) is 24.6. The minimum absolute atomic E-state index is 0.305. The summed E-state index contributed by atoms with van der Waals surface area (Å²) in [6, 6.07) is 6.48. The van der Waals surface area contributed by atoms with E-state index in [-0.39, 0.29) is 0 Å². The molecule has 1 N–H and O–H groups in total. The van der Waals surface area contributed by atoms with E-state index in [2.05, 4.69) is 34.0 Å². The highest BCUT2D eigenvalue weighted by Crippen LogP contribution is 2.29. The Bertz CT molecular complexity index is 386. The van der Waals surface area contributed by atoms with Gasteiger partial charge in [-0.3, -0.25) is 0 Å². The SMILES string of the molecule is COC1CCCCC1Nc1ccc(I)cc1Cl. The molecule has 0 heterocycles. The maximum absolute atomic E-state index is 6.23. The molecule has 0 aliphatic heterocycles. The Morgan fingerprint density at radius 3 is 2.82 bits per heavy atom. The number of ether oxygens (including phenoxy) is 1. The predicted octanol–water partition coefficient (Wildman–Crippen LogP) is 4.31. The van der Waals surface area contributed by atoms with E-state index in [4.69, 9.17) is 16.3 Å². The zero-order valence-corrected chi connectivity index (χ0v) is 12.8. The van der Waals surface area contributed by atoms with Gasteiger partial charge in [-0.25, -0.2) is 0 Å². The summed E-state index contributed by atoms with van der Waals surface area (Å²) in [5.41, 5.74) is 1.01. The quantitative estimate of drug-likeness (QED) is 0.806. The van der Waals surface area contributed by atoms with Crippen LogP contribution < -0.4 is 5.32 Å². The molecule has 0 amide bonds. The molecular weight excluding hydrogens is 349 g/mol. The van der Waals surface area contributed by atoms with Crippen molar-refractivity contribution in [3.63, 3.8) is 0 Å². The molecule has 1 aromatic rings. The summed E-state index contributed by atoms with van der Waals surface area (Å²) in [6.07, 6.45) is 5.12. The van der Waals surface area contributed by atoms with Crippen molar-refractivity contribution in [2.75, 3.05) is 12.4 Å². The predicted molar refractivity (Wildman–Crippen MR) is 80.8 cm³/mol. The Morgan fingerprint density at radius 2 is 2.12 bits per heavy atom. The molecule has 4 heteroatoms. The molecule has 0 bridgehead atoms. The van der Waals surface area contributed by atoms with Gasteiger partial charge in [0.1, 0.15) is 0 Å². The number of benzene rings is 1. The van der Waals surface area contributed by atoms with Gasteiger partial charge in [0.15, 0.2) is 0 Å². The molecule has 1 fully saturated rings. The van der Waals surface area contributed by atoms with E-state index in [9.17, 15) is 0 Å². The highest BCUT2D eigenvalue weighted by atomic mass is 127. The number of hydrogen-bond donors (Lipinski definition) is 1. The molecule has 1 aliphatic carbocycles. The first-order chi connectivity index (χ1) is 8.20. The average Bonchev–Trinajstić information content (AvgIpc) is 2.33. The topological polar surface area (TPSA) is 21.3 Å². The molecule has 0 radical (unpaired) electrons. The van der Waals surface area contributed by atoms with Crippen LogP contribution in [0.2, 0.25) is 5.02 Å². The molecule has 1 aromatic carbocycles. The van der Waals surface area contributed by atoms with Crippen LogP contribution in [0.5, 0.6) is 0 Å². The molecule has 2 nitrogen and oxygen atoms in total. The van der Waals surface area contributed by atoms with Crippen molar-refractivity contribution < 1.29 is 4.74 Å². The molecule has 1 aliphatic rings.